The van der Waals surface area contributed by atoms with E-state index >= 15 is 0 Å². The number of nitrogens with one attached hydrogen (secondary N) is 1. The highest BCUT2D eigenvalue weighted by Gasteiger charge is 2.36. The number of cyclic esters (lactones) is 1. The van der Waals surface area contributed by atoms with Crippen LogP contribution in [0.3, 0.4) is 0 Å². The summed E-state index contributed by atoms with van der Waals surface area (Å²) >= 11 is 0. The lowest BCUT2D eigenvalue weighted by atomic mass is 9.96. The van der Waals surface area contributed by atoms with E-state index < -0.39 is 6.09 Å². The Morgan fingerprint density at radius 2 is 1.96 bits per heavy atom. The summed E-state index contributed by atoms with van der Waals surface area (Å²) in [7, 11) is 0. The fourth-order valence-electron chi connectivity index (χ4n) is 4.24. The van der Waals surface area contributed by atoms with Crippen LogP contribution in [0, 0.1) is 0 Å². The Labute approximate surface area is 153 Å². The number of benzene rings is 1. The third-order valence-electron chi connectivity index (χ3n) is 5.62. The lowest BCUT2D eigenvalue weighted by Gasteiger charge is -2.34. The van der Waals surface area contributed by atoms with Gasteiger partial charge in [-0.2, -0.15) is 4.99 Å². The molecule has 3 aliphatic heterocycles. The molecule has 6 heteroatoms. The van der Waals surface area contributed by atoms with Crippen molar-refractivity contribution in [2.24, 2.45) is 4.99 Å². The molecule has 0 aliphatic carbocycles. The van der Waals surface area contributed by atoms with Crippen LogP contribution in [0.4, 0.5) is 4.79 Å². The number of ether oxygens (including phenoxy) is 1. The molecule has 1 aromatic carbocycles. The number of aliphatic imine (C=N–C) groups is 1. The van der Waals surface area contributed by atoms with Gasteiger partial charge in [-0.3, -0.25) is 9.69 Å². The molecule has 0 aromatic heterocycles. The molecular formula is C20H25N3O3. The first kappa shape index (κ1) is 17.4. The number of hydrogen-bond donors (Lipinski definition) is 1. The normalized spacial score (nSPS) is 26.6. The molecule has 2 saturated heterocycles. The molecule has 3 heterocycles. The first-order chi connectivity index (χ1) is 12.7. The summed E-state index contributed by atoms with van der Waals surface area (Å²) in [6, 6.07) is 8.00. The highest BCUT2D eigenvalue weighted by atomic mass is 16.6. The number of carbonyl (C=O) groups excluding carboxylic acids is 2. The van der Waals surface area contributed by atoms with E-state index in [2.05, 4.69) is 15.2 Å². The number of carbonyl (C=O) groups is 2. The third kappa shape index (κ3) is 3.71. The molecule has 0 spiro atoms. The van der Waals surface area contributed by atoms with Crippen molar-refractivity contribution in [3.63, 3.8) is 0 Å². The fraction of sp³-hybridized carbons (Fsp3) is 0.550. The minimum Gasteiger partial charge on any atom is -0.441 e. The van der Waals surface area contributed by atoms with Crippen LogP contribution < -0.4 is 5.32 Å². The molecule has 1 amide bonds. The minimum atomic E-state index is -0.532. The zero-order valence-corrected chi connectivity index (χ0v) is 14.9. The third-order valence-corrected chi connectivity index (χ3v) is 5.62. The maximum atomic E-state index is 12.9. The second-order valence-electron chi connectivity index (χ2n) is 7.34. The van der Waals surface area contributed by atoms with Crippen molar-refractivity contribution in [3.8, 4) is 0 Å². The van der Waals surface area contributed by atoms with E-state index in [0.29, 0.717) is 18.2 Å². The van der Waals surface area contributed by atoms with Gasteiger partial charge in [0.2, 0.25) is 0 Å². The molecule has 1 aromatic rings. The Morgan fingerprint density at radius 3 is 2.65 bits per heavy atom. The molecule has 0 unspecified atom stereocenters. The lowest BCUT2D eigenvalue weighted by Crippen LogP contribution is -2.50. The number of piperidine rings is 1. The average molecular weight is 355 g/mol. The van der Waals surface area contributed by atoms with Gasteiger partial charge in [0.25, 0.3) is 0 Å². The van der Waals surface area contributed by atoms with Crippen molar-refractivity contribution in [2.45, 2.75) is 44.2 Å². The van der Waals surface area contributed by atoms with E-state index in [1.54, 1.807) is 0 Å². The molecule has 0 bridgehead atoms. The monoisotopic (exact) mass is 355 g/mol. The van der Waals surface area contributed by atoms with Crippen molar-refractivity contribution >= 4 is 17.6 Å². The van der Waals surface area contributed by atoms with Gasteiger partial charge < -0.3 is 10.1 Å². The zero-order chi connectivity index (χ0) is 17.9. The number of rotatable bonds is 5. The van der Waals surface area contributed by atoms with E-state index in [0.717, 1.165) is 37.2 Å². The van der Waals surface area contributed by atoms with Crippen molar-refractivity contribution < 1.29 is 14.3 Å². The Kier molecular flexibility index (Phi) is 5.13. The molecule has 1 N–H and O–H groups in total. The Bertz CT molecular complexity index is 708. The maximum Gasteiger partial charge on any atom is 0.434 e. The maximum absolute atomic E-state index is 12.9. The SMILES string of the molecule is O=C1N=C(c2ccc(CC(=O)[C@H]3NCC[C@H]3N3CCCCC3)cc2)CO1. The second kappa shape index (κ2) is 7.68. The Hall–Kier alpha value is -2.05. The summed E-state index contributed by atoms with van der Waals surface area (Å²) < 4.78 is 4.84. The number of hydrogen-bond acceptors (Lipinski definition) is 5. The summed E-state index contributed by atoms with van der Waals surface area (Å²) in [4.78, 5) is 30.3. The quantitative estimate of drug-likeness (QED) is 0.874. The van der Waals surface area contributed by atoms with Crippen LogP contribution in [0.5, 0.6) is 0 Å². The lowest BCUT2D eigenvalue weighted by molar-refractivity contribution is -0.121. The molecular weight excluding hydrogens is 330 g/mol. The zero-order valence-electron chi connectivity index (χ0n) is 14.9. The summed E-state index contributed by atoms with van der Waals surface area (Å²) in [5.41, 5.74) is 2.52. The molecule has 0 saturated carbocycles. The largest absolute Gasteiger partial charge is 0.441 e. The highest BCUT2D eigenvalue weighted by Crippen LogP contribution is 2.22. The van der Waals surface area contributed by atoms with Crippen molar-refractivity contribution in [1.29, 1.82) is 0 Å². The second-order valence-corrected chi connectivity index (χ2v) is 7.34. The number of nitrogens with zero attached hydrogens (tertiary/aromatic N) is 2. The number of amides is 1. The van der Waals surface area contributed by atoms with E-state index in [1.165, 1.54) is 19.3 Å². The van der Waals surface area contributed by atoms with E-state index in [-0.39, 0.29) is 18.4 Å². The molecule has 26 heavy (non-hydrogen) atoms. The Balaban J connectivity index is 1.39. The molecule has 0 radical (unpaired) electrons. The van der Waals surface area contributed by atoms with Crippen molar-refractivity contribution in [2.75, 3.05) is 26.2 Å². The molecule has 3 aliphatic rings. The summed E-state index contributed by atoms with van der Waals surface area (Å²) in [6.07, 6.45) is 4.76. The van der Waals surface area contributed by atoms with Gasteiger partial charge >= 0.3 is 6.09 Å². The van der Waals surface area contributed by atoms with E-state index in [4.69, 9.17) is 4.74 Å². The molecule has 2 atom stereocenters. The summed E-state index contributed by atoms with van der Waals surface area (Å²) in [6.45, 7) is 3.38. The van der Waals surface area contributed by atoms with E-state index in [1.807, 2.05) is 24.3 Å². The van der Waals surface area contributed by atoms with Gasteiger partial charge in [-0.25, -0.2) is 4.79 Å². The molecule has 6 nitrogen and oxygen atoms in total. The first-order valence-corrected chi connectivity index (χ1v) is 9.54. The van der Waals surface area contributed by atoms with Gasteiger partial charge in [0, 0.05) is 12.5 Å². The van der Waals surface area contributed by atoms with Crippen LogP contribution in [0.25, 0.3) is 0 Å². The predicted molar refractivity (Wildman–Crippen MR) is 98.7 cm³/mol. The fourth-order valence-corrected chi connectivity index (χ4v) is 4.24. The van der Waals surface area contributed by atoms with Crippen LogP contribution in [0.1, 0.15) is 36.8 Å². The van der Waals surface area contributed by atoms with Gasteiger partial charge in [0.1, 0.15) is 6.61 Å². The van der Waals surface area contributed by atoms with Gasteiger partial charge in [-0.05, 0) is 50.0 Å². The van der Waals surface area contributed by atoms with E-state index in [9.17, 15) is 9.59 Å². The number of likely N-dealkylation sites (tertiary alicyclic amines) is 1. The topological polar surface area (TPSA) is 71.0 Å². The highest BCUT2D eigenvalue weighted by molar-refractivity contribution is 6.09. The van der Waals surface area contributed by atoms with Gasteiger partial charge in [-0.15, -0.1) is 0 Å². The standard InChI is InChI=1S/C20H25N3O3/c24-18(19-17(8-9-21-19)23-10-2-1-3-11-23)12-14-4-6-15(7-5-14)16-13-26-20(25)22-16/h4-7,17,19,21H,1-3,8-13H2/t17-,19+/m1/s1. The summed E-state index contributed by atoms with van der Waals surface area (Å²) in [5.74, 6) is 0.266. The average Bonchev–Trinajstić information content (AvgIpc) is 3.32. The van der Waals surface area contributed by atoms with Crippen LogP contribution in [0.15, 0.2) is 29.3 Å². The van der Waals surface area contributed by atoms with Crippen molar-refractivity contribution in [3.05, 3.63) is 35.4 Å². The van der Waals surface area contributed by atoms with Crippen LogP contribution in [-0.2, 0) is 16.0 Å². The first-order valence-electron chi connectivity index (χ1n) is 9.54. The summed E-state index contributed by atoms with van der Waals surface area (Å²) in [5, 5.41) is 3.42. The minimum absolute atomic E-state index is 0.0574. The number of ketones is 1. The van der Waals surface area contributed by atoms with Crippen LogP contribution >= 0.6 is 0 Å². The van der Waals surface area contributed by atoms with Gasteiger partial charge in [-0.1, -0.05) is 30.7 Å². The molecule has 4 rings (SSSR count). The van der Waals surface area contributed by atoms with Crippen molar-refractivity contribution in [1.82, 2.24) is 10.2 Å². The van der Waals surface area contributed by atoms with Gasteiger partial charge in [0.15, 0.2) is 5.78 Å². The molecule has 2 fully saturated rings. The molecule has 138 valence electrons. The smallest absolute Gasteiger partial charge is 0.434 e. The predicted octanol–water partition coefficient (Wildman–Crippen LogP) is 1.95. The van der Waals surface area contributed by atoms with Crippen LogP contribution in [-0.4, -0.2) is 60.8 Å². The Morgan fingerprint density at radius 1 is 1.19 bits per heavy atom. The number of Topliss-reactive ketones (excluding diaryl/α,β-unsaturated/α-hetero) is 1. The van der Waals surface area contributed by atoms with Gasteiger partial charge in [0.05, 0.1) is 11.8 Å². The van der Waals surface area contributed by atoms with Crippen LogP contribution in [0.2, 0.25) is 0 Å².